The summed E-state index contributed by atoms with van der Waals surface area (Å²) < 4.78 is 12.9. The van der Waals surface area contributed by atoms with Gasteiger partial charge < -0.3 is 16.0 Å². The van der Waals surface area contributed by atoms with Gasteiger partial charge in [-0.2, -0.15) is 0 Å². The first-order chi connectivity index (χ1) is 12.5. The molecule has 2 amide bonds. The largest absolute Gasteiger partial charge is 0.347 e. The molecule has 0 radical (unpaired) electrons. The molecule has 1 fully saturated rings. The highest BCUT2D eigenvalue weighted by atomic mass is 35.5. The van der Waals surface area contributed by atoms with Gasteiger partial charge in [0, 0.05) is 38.1 Å². The van der Waals surface area contributed by atoms with E-state index in [9.17, 15) is 14.0 Å². The molecule has 3 rings (SSSR count). The third-order valence-corrected chi connectivity index (χ3v) is 4.31. The molecule has 1 aromatic carbocycles. The number of rotatable bonds is 4. The summed E-state index contributed by atoms with van der Waals surface area (Å²) in [5.41, 5.74) is 6.61. The van der Waals surface area contributed by atoms with Gasteiger partial charge in [-0.15, -0.1) is 12.4 Å². The van der Waals surface area contributed by atoms with Crippen molar-refractivity contribution in [3.05, 3.63) is 59.4 Å². The highest BCUT2D eigenvalue weighted by Gasteiger charge is 2.27. The fourth-order valence-electron chi connectivity index (χ4n) is 2.78. The quantitative estimate of drug-likeness (QED) is 0.820. The number of nitrogens with zero attached hydrogens (tertiary/aromatic N) is 3. The second-order valence-corrected chi connectivity index (χ2v) is 6.19. The average Bonchev–Trinajstić information content (AvgIpc) is 2.67. The zero-order valence-corrected chi connectivity index (χ0v) is 15.4. The molecule has 0 spiro atoms. The van der Waals surface area contributed by atoms with Gasteiger partial charge in [0.2, 0.25) is 0 Å². The fraction of sp³-hybridized carbons (Fsp3) is 0.333. The smallest absolute Gasteiger partial charge is 0.274 e. The summed E-state index contributed by atoms with van der Waals surface area (Å²) in [7, 11) is 0. The lowest BCUT2D eigenvalue weighted by Gasteiger charge is -2.30. The Balaban J connectivity index is 0.00000261. The molecule has 9 heteroatoms. The minimum atomic E-state index is -0.500. The molecule has 2 aromatic rings. The van der Waals surface area contributed by atoms with Crippen LogP contribution < -0.4 is 11.1 Å². The van der Waals surface area contributed by atoms with Gasteiger partial charge in [-0.1, -0.05) is 12.1 Å². The molecule has 2 heterocycles. The molecular formula is C18H21ClFN5O2. The van der Waals surface area contributed by atoms with Gasteiger partial charge in [-0.25, -0.2) is 14.4 Å². The number of amides is 2. The van der Waals surface area contributed by atoms with Crippen LogP contribution in [0.5, 0.6) is 0 Å². The third kappa shape index (κ3) is 5.21. The van der Waals surface area contributed by atoms with E-state index in [-0.39, 0.29) is 48.1 Å². The summed E-state index contributed by atoms with van der Waals surface area (Å²) >= 11 is 0. The topological polar surface area (TPSA) is 101 Å². The highest BCUT2D eigenvalue weighted by molar-refractivity contribution is 6.04. The number of carbonyl (C=O) groups is 2. The van der Waals surface area contributed by atoms with E-state index in [1.807, 2.05) is 0 Å². The van der Waals surface area contributed by atoms with E-state index in [1.54, 1.807) is 17.0 Å². The first-order valence-electron chi connectivity index (χ1n) is 8.43. The van der Waals surface area contributed by atoms with E-state index in [0.29, 0.717) is 13.1 Å². The van der Waals surface area contributed by atoms with E-state index in [4.69, 9.17) is 5.73 Å². The molecule has 0 atom stereocenters. The molecule has 0 aliphatic carbocycles. The molecule has 3 N–H and O–H groups in total. The molecule has 1 aliphatic rings. The Kier molecular flexibility index (Phi) is 7.20. The van der Waals surface area contributed by atoms with Crippen LogP contribution in [0.25, 0.3) is 0 Å². The lowest BCUT2D eigenvalue weighted by Crippen LogP contribution is -2.43. The molecule has 0 unspecified atom stereocenters. The second-order valence-electron chi connectivity index (χ2n) is 6.19. The predicted molar refractivity (Wildman–Crippen MR) is 100.0 cm³/mol. The monoisotopic (exact) mass is 393 g/mol. The summed E-state index contributed by atoms with van der Waals surface area (Å²) in [6, 6.07) is 5.89. The van der Waals surface area contributed by atoms with Crippen LogP contribution in [0, 0.1) is 5.82 Å². The van der Waals surface area contributed by atoms with Gasteiger partial charge in [0.05, 0.1) is 0 Å². The summed E-state index contributed by atoms with van der Waals surface area (Å²) in [5.74, 6) is -1.17. The number of aromatic nitrogens is 2. The van der Waals surface area contributed by atoms with Crippen molar-refractivity contribution < 1.29 is 14.0 Å². The number of hydrogen-bond acceptors (Lipinski definition) is 5. The van der Waals surface area contributed by atoms with Gasteiger partial charge in [-0.05, 0) is 30.5 Å². The van der Waals surface area contributed by atoms with Gasteiger partial charge in [0.25, 0.3) is 11.8 Å². The van der Waals surface area contributed by atoms with Crippen LogP contribution >= 0.6 is 12.4 Å². The SMILES string of the molecule is Cl.NC1CCN(C(=O)c2nccnc2C(=O)NCc2ccc(F)cc2)CC1. The Morgan fingerprint density at radius 1 is 1.11 bits per heavy atom. The lowest BCUT2D eigenvalue weighted by molar-refractivity contribution is 0.0701. The summed E-state index contributed by atoms with van der Waals surface area (Å²) in [5, 5.41) is 2.69. The average molecular weight is 394 g/mol. The maximum absolute atomic E-state index is 12.9. The van der Waals surface area contributed by atoms with Crippen LogP contribution in [-0.2, 0) is 6.54 Å². The van der Waals surface area contributed by atoms with Crippen LogP contribution in [0.2, 0.25) is 0 Å². The number of halogens is 2. The van der Waals surface area contributed by atoms with Crippen molar-refractivity contribution in [1.29, 1.82) is 0 Å². The lowest BCUT2D eigenvalue weighted by atomic mass is 10.1. The van der Waals surface area contributed by atoms with Gasteiger partial charge >= 0.3 is 0 Å². The normalized spacial score (nSPS) is 14.4. The van der Waals surface area contributed by atoms with Crippen molar-refractivity contribution in [2.45, 2.75) is 25.4 Å². The summed E-state index contributed by atoms with van der Waals surface area (Å²) in [6.07, 6.45) is 4.20. The molecule has 0 saturated carbocycles. The standard InChI is InChI=1S/C18H20FN5O2.ClH/c19-13-3-1-12(2-4-13)11-23-17(25)15-16(22-8-7-21-15)18(26)24-9-5-14(20)6-10-24;/h1-4,7-8,14H,5-6,9-11,20H2,(H,23,25);1H. The molecule has 144 valence electrons. The van der Waals surface area contributed by atoms with Crippen molar-refractivity contribution in [1.82, 2.24) is 20.2 Å². The Bertz CT molecular complexity index is 795. The number of nitrogens with one attached hydrogen (secondary N) is 1. The zero-order chi connectivity index (χ0) is 18.5. The number of hydrogen-bond donors (Lipinski definition) is 2. The maximum atomic E-state index is 12.9. The van der Waals surface area contributed by atoms with Crippen LogP contribution in [0.15, 0.2) is 36.7 Å². The Morgan fingerprint density at radius 2 is 1.70 bits per heavy atom. The van der Waals surface area contributed by atoms with E-state index < -0.39 is 5.91 Å². The molecule has 27 heavy (non-hydrogen) atoms. The number of benzene rings is 1. The minimum Gasteiger partial charge on any atom is -0.347 e. The minimum absolute atomic E-state index is 0. The molecule has 1 saturated heterocycles. The van der Waals surface area contributed by atoms with Gasteiger partial charge in [0.15, 0.2) is 11.4 Å². The third-order valence-electron chi connectivity index (χ3n) is 4.31. The number of nitrogens with two attached hydrogens (primary N) is 1. The number of piperidine rings is 1. The molecule has 0 bridgehead atoms. The number of carbonyl (C=O) groups excluding carboxylic acids is 2. The van der Waals surface area contributed by atoms with Crippen LogP contribution in [0.1, 0.15) is 39.4 Å². The van der Waals surface area contributed by atoms with E-state index >= 15 is 0 Å². The van der Waals surface area contributed by atoms with Crippen molar-refractivity contribution >= 4 is 24.2 Å². The fourth-order valence-corrected chi connectivity index (χ4v) is 2.78. The van der Waals surface area contributed by atoms with Crippen molar-refractivity contribution in [2.24, 2.45) is 5.73 Å². The number of likely N-dealkylation sites (tertiary alicyclic amines) is 1. The van der Waals surface area contributed by atoms with Crippen LogP contribution in [0.4, 0.5) is 4.39 Å². The van der Waals surface area contributed by atoms with E-state index in [0.717, 1.165) is 18.4 Å². The first kappa shape index (κ1) is 20.7. The van der Waals surface area contributed by atoms with E-state index in [1.165, 1.54) is 24.5 Å². The highest BCUT2D eigenvalue weighted by Crippen LogP contribution is 2.13. The van der Waals surface area contributed by atoms with Crippen LogP contribution in [0.3, 0.4) is 0 Å². The maximum Gasteiger partial charge on any atom is 0.274 e. The Labute approximate surface area is 162 Å². The molecule has 7 nitrogen and oxygen atoms in total. The van der Waals surface area contributed by atoms with Crippen molar-refractivity contribution in [2.75, 3.05) is 13.1 Å². The molecular weight excluding hydrogens is 373 g/mol. The van der Waals surface area contributed by atoms with E-state index in [2.05, 4.69) is 15.3 Å². The Morgan fingerprint density at radius 3 is 2.33 bits per heavy atom. The van der Waals surface area contributed by atoms with Crippen molar-refractivity contribution in [3.63, 3.8) is 0 Å². The summed E-state index contributed by atoms with van der Waals surface area (Å²) in [6.45, 7) is 1.27. The Hall–Kier alpha value is -2.58. The first-order valence-corrected chi connectivity index (χ1v) is 8.43. The zero-order valence-electron chi connectivity index (χ0n) is 14.6. The molecule has 1 aromatic heterocycles. The second kappa shape index (κ2) is 9.38. The predicted octanol–water partition coefficient (Wildman–Crippen LogP) is 1.53. The van der Waals surface area contributed by atoms with Crippen LogP contribution in [-0.4, -0.2) is 45.8 Å². The van der Waals surface area contributed by atoms with Gasteiger partial charge in [0.1, 0.15) is 5.82 Å². The summed E-state index contributed by atoms with van der Waals surface area (Å²) in [4.78, 5) is 34.9. The van der Waals surface area contributed by atoms with Crippen molar-refractivity contribution in [3.8, 4) is 0 Å². The molecule has 1 aliphatic heterocycles. The van der Waals surface area contributed by atoms with Gasteiger partial charge in [-0.3, -0.25) is 9.59 Å².